The normalized spacial score (nSPS) is 21.2. The fraction of sp³-hybridized carbons (Fsp3) is 0.560. The molecule has 0 radical (unpaired) electrons. The van der Waals surface area contributed by atoms with E-state index in [2.05, 4.69) is 5.10 Å². The number of carbonyl (C=O) groups excluding carboxylic acids is 2. The molecule has 2 saturated heterocycles. The third kappa shape index (κ3) is 4.84. The molecule has 0 aliphatic carbocycles. The molecule has 0 N–H and O–H groups in total. The van der Waals surface area contributed by atoms with Gasteiger partial charge in [-0.15, -0.1) is 0 Å². The van der Waals surface area contributed by atoms with E-state index in [9.17, 15) is 22.4 Å². The summed E-state index contributed by atoms with van der Waals surface area (Å²) >= 11 is 0. The summed E-state index contributed by atoms with van der Waals surface area (Å²) in [5, 5.41) is 4.67. The third-order valence-electron chi connectivity index (χ3n) is 6.77. The first-order valence-electron chi connectivity index (χ1n) is 12.4. The van der Waals surface area contributed by atoms with Crippen molar-refractivity contribution in [2.45, 2.75) is 55.9 Å². The predicted molar refractivity (Wildman–Crippen MR) is 131 cm³/mol. The molecule has 1 unspecified atom stereocenters. The lowest BCUT2D eigenvalue weighted by atomic mass is 10.0. The van der Waals surface area contributed by atoms with Crippen molar-refractivity contribution in [2.24, 2.45) is 0 Å². The first-order chi connectivity index (χ1) is 17.5. The van der Waals surface area contributed by atoms with Crippen molar-refractivity contribution >= 4 is 21.8 Å². The number of amides is 2. The number of hydrogen-bond donors (Lipinski definition) is 0. The Kier molecular flexibility index (Phi) is 6.51. The summed E-state index contributed by atoms with van der Waals surface area (Å²) in [5.74, 6) is -1.74. The van der Waals surface area contributed by atoms with Crippen molar-refractivity contribution in [1.82, 2.24) is 19.6 Å². The molecule has 0 bridgehead atoms. The van der Waals surface area contributed by atoms with E-state index in [4.69, 9.17) is 9.47 Å². The van der Waals surface area contributed by atoms with E-state index in [1.807, 2.05) is 0 Å². The number of benzene rings is 1. The van der Waals surface area contributed by atoms with Crippen LogP contribution in [0.5, 0.6) is 0 Å². The number of ether oxygens (including phenoxy) is 2. The molecule has 200 valence electrons. The van der Waals surface area contributed by atoms with Gasteiger partial charge in [0.2, 0.25) is 0 Å². The molecule has 1 atom stereocenters. The Balaban J connectivity index is 1.60. The summed E-state index contributed by atoms with van der Waals surface area (Å²) in [6.45, 7) is 7.67. The van der Waals surface area contributed by atoms with Crippen LogP contribution in [0, 0.1) is 5.82 Å². The van der Waals surface area contributed by atoms with Gasteiger partial charge < -0.3 is 19.3 Å². The number of piperidine rings is 1. The second-order valence-electron chi connectivity index (χ2n) is 10.6. The van der Waals surface area contributed by atoms with E-state index < -0.39 is 33.1 Å². The Hall–Kier alpha value is -2.99. The van der Waals surface area contributed by atoms with Crippen LogP contribution in [0.3, 0.4) is 0 Å². The van der Waals surface area contributed by atoms with Crippen molar-refractivity contribution < 1.29 is 31.9 Å². The summed E-state index contributed by atoms with van der Waals surface area (Å²) in [5.41, 5.74) is 0.257. The summed E-state index contributed by atoms with van der Waals surface area (Å²) < 4.78 is 53.7. The molecule has 10 nitrogen and oxygen atoms in total. The lowest BCUT2D eigenvalue weighted by Crippen LogP contribution is -2.43. The molecule has 4 heterocycles. The molecular formula is C25H31FN4O6S. The molecule has 1 aromatic heterocycles. The van der Waals surface area contributed by atoms with Gasteiger partial charge in [-0.3, -0.25) is 9.48 Å². The highest BCUT2D eigenvalue weighted by molar-refractivity contribution is 7.91. The summed E-state index contributed by atoms with van der Waals surface area (Å²) in [6.07, 6.45) is 0.868. The zero-order valence-electron chi connectivity index (χ0n) is 21.2. The fourth-order valence-electron chi connectivity index (χ4n) is 5.16. The SMILES string of the molecule is CC(C)(C)OC(=O)N1CCCC(n2nc(C(=O)N3CCOCC3)c3c2-c2cccc(F)c2S(=O)(=O)C3)C1. The second-order valence-corrected chi connectivity index (χ2v) is 12.5. The Morgan fingerprint density at radius 2 is 1.86 bits per heavy atom. The van der Waals surface area contributed by atoms with Crippen molar-refractivity contribution in [1.29, 1.82) is 0 Å². The number of likely N-dealkylation sites (tertiary alicyclic amines) is 1. The smallest absolute Gasteiger partial charge is 0.410 e. The fourth-order valence-corrected chi connectivity index (χ4v) is 6.83. The Labute approximate surface area is 215 Å². The average molecular weight is 535 g/mol. The highest BCUT2D eigenvalue weighted by Crippen LogP contribution is 2.43. The van der Waals surface area contributed by atoms with E-state index in [0.29, 0.717) is 51.4 Å². The summed E-state index contributed by atoms with van der Waals surface area (Å²) in [7, 11) is -4.04. The van der Waals surface area contributed by atoms with Crippen LogP contribution < -0.4 is 0 Å². The number of aromatic nitrogens is 2. The first-order valence-corrected chi connectivity index (χ1v) is 14.1. The Morgan fingerprint density at radius 3 is 2.57 bits per heavy atom. The monoisotopic (exact) mass is 534 g/mol. The lowest BCUT2D eigenvalue weighted by Gasteiger charge is -2.35. The maximum Gasteiger partial charge on any atom is 0.410 e. The van der Waals surface area contributed by atoms with Gasteiger partial charge in [0.1, 0.15) is 16.3 Å². The van der Waals surface area contributed by atoms with E-state index in [0.717, 1.165) is 6.07 Å². The third-order valence-corrected chi connectivity index (χ3v) is 8.48. The number of fused-ring (bicyclic) bond motifs is 3. The minimum Gasteiger partial charge on any atom is -0.444 e. The predicted octanol–water partition coefficient (Wildman–Crippen LogP) is 3.02. The van der Waals surface area contributed by atoms with E-state index in [-0.39, 0.29) is 40.2 Å². The van der Waals surface area contributed by atoms with Gasteiger partial charge in [0.25, 0.3) is 5.91 Å². The number of sulfone groups is 1. The molecule has 12 heteroatoms. The largest absolute Gasteiger partial charge is 0.444 e. The van der Waals surface area contributed by atoms with Gasteiger partial charge in [-0.25, -0.2) is 17.6 Å². The van der Waals surface area contributed by atoms with Crippen LogP contribution in [0.2, 0.25) is 0 Å². The highest BCUT2D eigenvalue weighted by atomic mass is 32.2. The molecule has 2 fully saturated rings. The van der Waals surface area contributed by atoms with Crippen LogP contribution in [0.15, 0.2) is 23.1 Å². The molecule has 2 amide bonds. The highest BCUT2D eigenvalue weighted by Gasteiger charge is 2.41. The number of halogens is 1. The first kappa shape index (κ1) is 25.7. The number of rotatable bonds is 2. The quantitative estimate of drug-likeness (QED) is 0.582. The van der Waals surface area contributed by atoms with Gasteiger partial charge in [0.05, 0.1) is 30.7 Å². The minimum atomic E-state index is -4.04. The van der Waals surface area contributed by atoms with Crippen molar-refractivity contribution in [3.8, 4) is 11.3 Å². The average Bonchev–Trinajstić information content (AvgIpc) is 3.21. The lowest BCUT2D eigenvalue weighted by molar-refractivity contribution is 0.0166. The van der Waals surface area contributed by atoms with Crippen LogP contribution in [-0.2, 0) is 25.1 Å². The van der Waals surface area contributed by atoms with Crippen molar-refractivity contribution in [3.63, 3.8) is 0 Å². The van der Waals surface area contributed by atoms with E-state index in [1.54, 1.807) is 41.3 Å². The van der Waals surface area contributed by atoms with Crippen LogP contribution in [0.25, 0.3) is 11.3 Å². The molecular weight excluding hydrogens is 503 g/mol. The molecule has 3 aliphatic rings. The van der Waals surface area contributed by atoms with Gasteiger partial charge >= 0.3 is 6.09 Å². The number of morpholine rings is 1. The van der Waals surface area contributed by atoms with Crippen LogP contribution in [-0.4, -0.2) is 85.0 Å². The van der Waals surface area contributed by atoms with E-state index in [1.165, 1.54) is 6.07 Å². The van der Waals surface area contributed by atoms with Gasteiger partial charge in [-0.2, -0.15) is 5.10 Å². The second kappa shape index (κ2) is 9.39. The minimum absolute atomic E-state index is 0.0461. The number of hydrogen-bond acceptors (Lipinski definition) is 7. The van der Waals surface area contributed by atoms with Gasteiger partial charge in [-0.05, 0) is 39.7 Å². The van der Waals surface area contributed by atoms with Gasteiger partial charge in [0, 0.05) is 37.3 Å². The number of nitrogens with zero attached hydrogens (tertiary/aromatic N) is 4. The summed E-state index contributed by atoms with van der Waals surface area (Å²) in [4.78, 5) is 29.1. The summed E-state index contributed by atoms with van der Waals surface area (Å²) in [6, 6.07) is 3.77. The number of carbonyl (C=O) groups is 2. The van der Waals surface area contributed by atoms with Gasteiger partial charge in [0.15, 0.2) is 15.5 Å². The molecule has 0 saturated carbocycles. The zero-order chi connectivity index (χ0) is 26.5. The van der Waals surface area contributed by atoms with Crippen molar-refractivity contribution in [3.05, 3.63) is 35.3 Å². The Bertz CT molecular complexity index is 1340. The van der Waals surface area contributed by atoms with Crippen molar-refractivity contribution in [2.75, 3.05) is 39.4 Å². The molecule has 5 rings (SSSR count). The molecule has 2 aromatic rings. The molecule has 37 heavy (non-hydrogen) atoms. The van der Waals surface area contributed by atoms with Crippen LogP contribution in [0.4, 0.5) is 9.18 Å². The zero-order valence-corrected chi connectivity index (χ0v) is 22.0. The molecule has 0 spiro atoms. The standard InChI is InChI=1S/C25H31FN4O6S/c1-25(2,3)36-24(32)29-9-5-6-16(14-29)30-21-17-7-4-8-19(26)22(17)37(33,34)15-18(21)20(27-30)23(31)28-10-12-35-13-11-28/h4,7-8,16H,5-6,9-15H2,1-3H3. The maximum absolute atomic E-state index is 14.8. The van der Waals surface area contributed by atoms with Gasteiger partial charge in [-0.1, -0.05) is 12.1 Å². The Morgan fingerprint density at radius 1 is 1.14 bits per heavy atom. The molecule has 3 aliphatic heterocycles. The van der Waals surface area contributed by atoms with Crippen LogP contribution in [0.1, 0.15) is 55.7 Å². The topological polar surface area (TPSA) is 111 Å². The molecule has 1 aromatic carbocycles. The van der Waals surface area contributed by atoms with E-state index >= 15 is 0 Å². The van der Waals surface area contributed by atoms with Crippen LogP contribution >= 0.6 is 0 Å². The maximum atomic E-state index is 14.8.